The average molecular weight is 793 g/mol. The fourth-order valence-electron chi connectivity index (χ4n) is 7.46. The zero-order valence-electron chi connectivity index (χ0n) is 38.3. The number of unbranched alkanes of at least 4 members (excludes halogenated alkanes) is 29. The summed E-state index contributed by atoms with van der Waals surface area (Å²) in [6.07, 6.45) is 42.3. The Hall–Kier alpha value is -1.59. The van der Waals surface area contributed by atoms with Gasteiger partial charge in [0.1, 0.15) is 13.2 Å². The zero-order chi connectivity index (χ0) is 41.2. The highest BCUT2D eigenvalue weighted by atomic mass is 16.6. The van der Waals surface area contributed by atoms with Gasteiger partial charge in [-0.1, -0.05) is 234 Å². The van der Waals surface area contributed by atoms with E-state index >= 15 is 0 Å². The minimum absolute atomic E-state index is 0.0642. The van der Waals surface area contributed by atoms with E-state index in [9.17, 15) is 14.4 Å². The normalized spacial score (nSPS) is 12.1. The van der Waals surface area contributed by atoms with Gasteiger partial charge in [-0.3, -0.25) is 14.4 Å². The number of carbonyl (C=O) groups excluding carboxylic acids is 3. The predicted octanol–water partition coefficient (Wildman–Crippen LogP) is 15.8. The van der Waals surface area contributed by atoms with E-state index in [0.717, 1.165) is 69.6 Å². The van der Waals surface area contributed by atoms with Crippen LogP contribution in [0.4, 0.5) is 0 Å². The number of ether oxygens (including phenoxy) is 3. The Morgan fingerprint density at radius 1 is 0.339 bits per heavy atom. The van der Waals surface area contributed by atoms with Gasteiger partial charge in [0.2, 0.25) is 0 Å². The highest BCUT2D eigenvalue weighted by molar-refractivity contribution is 5.71. The van der Waals surface area contributed by atoms with Gasteiger partial charge < -0.3 is 14.2 Å². The van der Waals surface area contributed by atoms with Crippen molar-refractivity contribution in [3.63, 3.8) is 0 Å². The molecule has 0 fully saturated rings. The van der Waals surface area contributed by atoms with Crippen molar-refractivity contribution < 1.29 is 28.6 Å². The van der Waals surface area contributed by atoms with Gasteiger partial charge in [0, 0.05) is 19.3 Å². The van der Waals surface area contributed by atoms with Crippen LogP contribution >= 0.6 is 0 Å². The SMILES string of the molecule is CCCCCCCCCCCC(=O)O[C@@H](COC(=O)CCCCCCCCCCCCCCCC(C)C)COC(=O)CCCCCCCCCCCCC(C)C. The van der Waals surface area contributed by atoms with Gasteiger partial charge in [-0.05, 0) is 31.1 Å². The molecule has 56 heavy (non-hydrogen) atoms. The lowest BCUT2D eigenvalue weighted by atomic mass is 10.0. The molecule has 0 radical (unpaired) electrons. The first-order valence-corrected chi connectivity index (χ1v) is 24.7. The van der Waals surface area contributed by atoms with Gasteiger partial charge in [-0.2, -0.15) is 0 Å². The molecule has 0 heterocycles. The van der Waals surface area contributed by atoms with E-state index in [1.165, 1.54) is 161 Å². The monoisotopic (exact) mass is 793 g/mol. The van der Waals surface area contributed by atoms with Crippen LogP contribution in [0.2, 0.25) is 0 Å². The molecule has 0 saturated heterocycles. The van der Waals surface area contributed by atoms with Crippen molar-refractivity contribution in [2.45, 2.75) is 278 Å². The van der Waals surface area contributed by atoms with Gasteiger partial charge in [0.05, 0.1) is 0 Å². The first-order valence-electron chi connectivity index (χ1n) is 24.7. The fraction of sp³-hybridized carbons (Fsp3) is 0.940. The second-order valence-electron chi connectivity index (χ2n) is 18.1. The van der Waals surface area contributed by atoms with Gasteiger partial charge in [-0.25, -0.2) is 0 Å². The van der Waals surface area contributed by atoms with Crippen LogP contribution in [-0.4, -0.2) is 37.2 Å². The van der Waals surface area contributed by atoms with Crippen LogP contribution in [0.5, 0.6) is 0 Å². The topological polar surface area (TPSA) is 78.9 Å². The first kappa shape index (κ1) is 54.4. The Kier molecular flexibility index (Phi) is 41.8. The molecule has 1 atom stereocenters. The van der Waals surface area contributed by atoms with Crippen LogP contribution in [0, 0.1) is 11.8 Å². The van der Waals surface area contributed by atoms with Crippen LogP contribution < -0.4 is 0 Å². The third kappa shape index (κ3) is 43.5. The van der Waals surface area contributed by atoms with E-state index in [1.54, 1.807) is 0 Å². The van der Waals surface area contributed by atoms with Crippen molar-refractivity contribution in [1.29, 1.82) is 0 Å². The predicted molar refractivity (Wildman–Crippen MR) is 238 cm³/mol. The quantitative estimate of drug-likeness (QED) is 0.0347. The summed E-state index contributed by atoms with van der Waals surface area (Å²) in [7, 11) is 0. The lowest BCUT2D eigenvalue weighted by Gasteiger charge is -2.18. The summed E-state index contributed by atoms with van der Waals surface area (Å²) >= 11 is 0. The third-order valence-corrected chi connectivity index (χ3v) is 11.2. The molecule has 0 aliphatic rings. The summed E-state index contributed by atoms with van der Waals surface area (Å²) < 4.78 is 16.7. The van der Waals surface area contributed by atoms with Crippen LogP contribution in [0.1, 0.15) is 272 Å². The van der Waals surface area contributed by atoms with Crippen LogP contribution in [-0.2, 0) is 28.6 Å². The summed E-state index contributed by atoms with van der Waals surface area (Å²) in [5, 5.41) is 0. The molecule has 0 spiro atoms. The van der Waals surface area contributed by atoms with E-state index in [1.807, 2.05) is 0 Å². The van der Waals surface area contributed by atoms with Crippen molar-refractivity contribution in [2.75, 3.05) is 13.2 Å². The van der Waals surface area contributed by atoms with Crippen LogP contribution in [0.25, 0.3) is 0 Å². The molecular formula is C50H96O6. The second kappa shape index (κ2) is 43.0. The lowest BCUT2D eigenvalue weighted by molar-refractivity contribution is -0.167. The maximum absolute atomic E-state index is 12.7. The van der Waals surface area contributed by atoms with E-state index in [-0.39, 0.29) is 31.1 Å². The molecule has 332 valence electrons. The smallest absolute Gasteiger partial charge is 0.306 e. The highest BCUT2D eigenvalue weighted by Crippen LogP contribution is 2.17. The number of hydrogen-bond donors (Lipinski definition) is 0. The number of carbonyl (C=O) groups is 3. The molecule has 0 aliphatic heterocycles. The standard InChI is InChI=1S/C50H96O6/c1-6-7-8-9-10-18-27-32-37-42-50(53)56-47(44-55-49(52)41-36-31-26-22-17-16-20-24-29-34-39-46(4)5)43-54-48(51)40-35-30-25-21-15-13-11-12-14-19-23-28-33-38-45(2)3/h45-47H,6-44H2,1-5H3/t47-/m0/s1. The van der Waals surface area contributed by atoms with Gasteiger partial charge in [0.25, 0.3) is 0 Å². The molecule has 0 saturated carbocycles. The maximum atomic E-state index is 12.7. The minimum Gasteiger partial charge on any atom is -0.462 e. The Morgan fingerprint density at radius 2 is 0.589 bits per heavy atom. The molecule has 0 unspecified atom stereocenters. The molecule has 0 aromatic carbocycles. The Bertz CT molecular complexity index is 854. The molecular weight excluding hydrogens is 697 g/mol. The highest BCUT2D eigenvalue weighted by Gasteiger charge is 2.19. The van der Waals surface area contributed by atoms with E-state index in [0.29, 0.717) is 19.3 Å². The van der Waals surface area contributed by atoms with Crippen molar-refractivity contribution in [3.8, 4) is 0 Å². The molecule has 0 amide bonds. The Labute approximate surface area is 348 Å². The van der Waals surface area contributed by atoms with Gasteiger partial charge in [-0.15, -0.1) is 0 Å². The van der Waals surface area contributed by atoms with Gasteiger partial charge in [0.15, 0.2) is 6.10 Å². The molecule has 0 rings (SSSR count). The van der Waals surface area contributed by atoms with E-state index in [4.69, 9.17) is 14.2 Å². The largest absolute Gasteiger partial charge is 0.462 e. The molecule has 0 aliphatic carbocycles. The lowest BCUT2D eigenvalue weighted by Crippen LogP contribution is -2.30. The number of rotatable bonds is 44. The molecule has 0 bridgehead atoms. The van der Waals surface area contributed by atoms with Crippen LogP contribution in [0.15, 0.2) is 0 Å². The van der Waals surface area contributed by atoms with Crippen molar-refractivity contribution >= 4 is 17.9 Å². The molecule has 0 aromatic heterocycles. The fourth-order valence-corrected chi connectivity index (χ4v) is 7.46. The van der Waals surface area contributed by atoms with Crippen LogP contribution in [0.3, 0.4) is 0 Å². The molecule has 0 aromatic rings. The number of hydrogen-bond acceptors (Lipinski definition) is 6. The summed E-state index contributed by atoms with van der Waals surface area (Å²) in [4.78, 5) is 37.8. The van der Waals surface area contributed by atoms with Crippen molar-refractivity contribution in [1.82, 2.24) is 0 Å². The van der Waals surface area contributed by atoms with Gasteiger partial charge >= 0.3 is 17.9 Å². The summed E-state index contributed by atoms with van der Waals surface area (Å²) in [5.74, 6) is 0.804. The van der Waals surface area contributed by atoms with Crippen molar-refractivity contribution in [3.05, 3.63) is 0 Å². The first-order chi connectivity index (χ1) is 27.2. The minimum atomic E-state index is -0.760. The average Bonchev–Trinajstić information content (AvgIpc) is 3.16. The summed E-state index contributed by atoms with van der Waals surface area (Å²) in [6.45, 7) is 11.3. The second-order valence-corrected chi connectivity index (χ2v) is 18.1. The maximum Gasteiger partial charge on any atom is 0.306 e. The Morgan fingerprint density at radius 3 is 0.875 bits per heavy atom. The zero-order valence-corrected chi connectivity index (χ0v) is 38.3. The van der Waals surface area contributed by atoms with E-state index in [2.05, 4.69) is 34.6 Å². The van der Waals surface area contributed by atoms with Crippen molar-refractivity contribution in [2.24, 2.45) is 11.8 Å². The summed E-state index contributed by atoms with van der Waals surface area (Å²) in [5.41, 5.74) is 0. The Balaban J connectivity index is 4.26. The summed E-state index contributed by atoms with van der Waals surface area (Å²) in [6, 6.07) is 0. The molecule has 0 N–H and O–H groups in total. The molecule has 6 nitrogen and oxygen atoms in total. The number of esters is 3. The molecule has 6 heteroatoms. The third-order valence-electron chi connectivity index (χ3n) is 11.2. The van der Waals surface area contributed by atoms with E-state index < -0.39 is 6.10 Å².